The normalized spacial score (nSPS) is 36.9. The maximum absolute atomic E-state index is 13.5. The molecule has 12 nitrogen and oxygen atoms in total. The average molecular weight is 861 g/mol. The molecule has 0 bridgehead atoms. The second-order valence-corrected chi connectivity index (χ2v) is 18.3. The van der Waals surface area contributed by atoms with Crippen molar-refractivity contribution in [3.8, 4) is 0 Å². The number of unbranched alkanes of at least 4 members (excludes halogenated alkanes) is 1. The molecule has 0 radical (unpaired) electrons. The van der Waals surface area contributed by atoms with Gasteiger partial charge in [0.15, 0.2) is 6.29 Å². The Morgan fingerprint density at radius 2 is 1.41 bits per heavy atom. The summed E-state index contributed by atoms with van der Waals surface area (Å²) in [6.07, 6.45) is 21.0. The number of rotatable bonds is 17. The second-order valence-electron chi connectivity index (χ2n) is 18.3. The fraction of sp³-hybridized carbons (Fsp3) is 0.755. The van der Waals surface area contributed by atoms with Crippen molar-refractivity contribution in [1.82, 2.24) is 9.80 Å². The van der Waals surface area contributed by atoms with Crippen molar-refractivity contribution in [2.75, 3.05) is 20.6 Å². The van der Waals surface area contributed by atoms with Crippen LogP contribution in [0.1, 0.15) is 133 Å². The summed E-state index contributed by atoms with van der Waals surface area (Å²) in [7, 11) is 3.50. The topological polar surface area (TPSA) is 169 Å². The Morgan fingerprint density at radius 3 is 1.95 bits per heavy atom. The van der Waals surface area contributed by atoms with E-state index in [0.29, 0.717) is 25.8 Å². The number of aliphatic hydroxyl groups is 5. The van der Waals surface area contributed by atoms with Crippen LogP contribution in [0.15, 0.2) is 60.8 Å². The van der Waals surface area contributed by atoms with Crippen molar-refractivity contribution in [3.63, 3.8) is 0 Å². The standard InChI is InChI=1S/C49H84N2O10/c1-12-14-15-16-17-18-19-20-21-22-23-24-25-26-27-28-29-30-41(52)51(11)39-31-35(4)59-47(43(39)54)61-45-36(5)42(53)37(6)46(56)60-40(13-2)49(9,58)44(55)38(7)50(10)33-34(3)32-48(45,8)57/h14-15,17-18,20-21,23-24,26-27,34-40,42-45,47,53-55,57-58H,12-13,16,19,22,25,28-33H2,1-11H3/b15-14-,18-17-,21-20-,24-23-,27-26-/t34-,35-,36+,37-,38-,39+,40-,42+,43-,44-,45-,47+,48-,49-/m1/s1. The van der Waals surface area contributed by atoms with E-state index in [1.807, 2.05) is 25.8 Å². The van der Waals surface area contributed by atoms with E-state index in [4.69, 9.17) is 14.2 Å². The van der Waals surface area contributed by atoms with Gasteiger partial charge in [0.05, 0.1) is 35.9 Å². The number of aliphatic hydroxyl groups excluding tert-OH is 3. The summed E-state index contributed by atoms with van der Waals surface area (Å²) in [6, 6.07) is -1.17. The van der Waals surface area contributed by atoms with Crippen LogP contribution >= 0.6 is 0 Å². The van der Waals surface area contributed by atoms with Gasteiger partial charge >= 0.3 is 5.97 Å². The number of amides is 1. The summed E-state index contributed by atoms with van der Waals surface area (Å²) < 4.78 is 18.5. The van der Waals surface area contributed by atoms with Gasteiger partial charge in [-0.1, -0.05) is 88.5 Å². The quantitative estimate of drug-likeness (QED) is 0.0593. The first-order valence-corrected chi connectivity index (χ1v) is 22.9. The minimum atomic E-state index is -1.79. The van der Waals surface area contributed by atoms with E-state index in [0.717, 1.165) is 38.5 Å². The summed E-state index contributed by atoms with van der Waals surface area (Å²) in [5, 5.41) is 58.5. The molecule has 0 saturated carbocycles. The zero-order valence-electron chi connectivity index (χ0n) is 39.4. The molecule has 14 atom stereocenters. The van der Waals surface area contributed by atoms with Crippen LogP contribution in [0.5, 0.6) is 0 Å². The molecule has 0 aromatic heterocycles. The SMILES string of the molecule is CC/C=C\C/C=C\C/C=C\C/C=C\C/C=C\CCCC(=O)N(C)[C@H]1C[C@@H](C)O[C@@H](O[C@@H]2[C@@H](C)[C@H](O)[C@@H](C)C(=O)O[C@H](CC)[C@@](C)(O)[C@H](O)[C@@H](C)N(C)C[C@H](C)C[C@@]2(C)O)[C@@H]1O. The molecule has 1 amide bonds. The third kappa shape index (κ3) is 17.1. The highest BCUT2D eigenvalue weighted by Crippen LogP contribution is 2.37. The summed E-state index contributed by atoms with van der Waals surface area (Å²) in [4.78, 5) is 30.4. The summed E-state index contributed by atoms with van der Waals surface area (Å²) in [5.74, 6) is -3.03. The summed E-state index contributed by atoms with van der Waals surface area (Å²) in [5.41, 5.74) is -3.39. The first-order valence-electron chi connectivity index (χ1n) is 22.9. The number of carbonyl (C=O) groups is 2. The highest BCUT2D eigenvalue weighted by molar-refractivity contribution is 5.76. The lowest BCUT2D eigenvalue weighted by Gasteiger charge is -2.47. The van der Waals surface area contributed by atoms with Gasteiger partial charge in [0.25, 0.3) is 0 Å². The number of allylic oxidation sites excluding steroid dienone is 10. The van der Waals surface area contributed by atoms with Gasteiger partial charge in [0, 0.05) is 32.0 Å². The fourth-order valence-corrected chi connectivity index (χ4v) is 8.71. The van der Waals surface area contributed by atoms with E-state index in [9.17, 15) is 35.1 Å². The van der Waals surface area contributed by atoms with Crippen LogP contribution in [0.2, 0.25) is 0 Å². The number of nitrogens with zero attached hydrogens (tertiary/aromatic N) is 2. The smallest absolute Gasteiger partial charge is 0.311 e. The lowest BCUT2D eigenvalue weighted by molar-refractivity contribution is -0.299. The van der Waals surface area contributed by atoms with Crippen molar-refractivity contribution in [3.05, 3.63) is 60.8 Å². The number of cyclic esters (lactones) is 1. The minimum Gasteiger partial charge on any atom is -0.459 e. The molecule has 350 valence electrons. The Bertz CT molecular complexity index is 1440. The molecule has 0 aromatic rings. The molecular formula is C49H84N2O10. The van der Waals surface area contributed by atoms with Gasteiger partial charge in [0.1, 0.15) is 23.9 Å². The molecule has 5 N–H and O–H groups in total. The van der Waals surface area contributed by atoms with Gasteiger partial charge in [-0.05, 0) is 112 Å². The number of hydrogen-bond acceptors (Lipinski definition) is 11. The molecule has 2 aliphatic rings. The van der Waals surface area contributed by atoms with E-state index in [2.05, 4.69) is 67.7 Å². The zero-order valence-corrected chi connectivity index (χ0v) is 39.4. The van der Waals surface area contributed by atoms with Crippen LogP contribution in [0.4, 0.5) is 0 Å². The van der Waals surface area contributed by atoms with E-state index in [1.54, 1.807) is 39.6 Å². The average Bonchev–Trinajstić information content (AvgIpc) is 3.21. The van der Waals surface area contributed by atoms with Gasteiger partial charge in [-0.2, -0.15) is 0 Å². The van der Waals surface area contributed by atoms with E-state index >= 15 is 0 Å². The van der Waals surface area contributed by atoms with E-state index in [1.165, 1.54) is 13.8 Å². The van der Waals surface area contributed by atoms with Crippen LogP contribution in [-0.4, -0.2) is 134 Å². The van der Waals surface area contributed by atoms with E-state index < -0.39 is 84.0 Å². The molecule has 0 aromatic carbocycles. The van der Waals surface area contributed by atoms with Crippen molar-refractivity contribution in [2.24, 2.45) is 17.8 Å². The predicted octanol–water partition coefficient (Wildman–Crippen LogP) is 6.79. The first kappa shape index (κ1) is 54.5. The molecule has 0 aliphatic carbocycles. The number of carbonyl (C=O) groups excluding carboxylic acids is 2. The molecule has 0 spiro atoms. The van der Waals surface area contributed by atoms with Gasteiger partial charge in [0.2, 0.25) is 5.91 Å². The van der Waals surface area contributed by atoms with Gasteiger partial charge < -0.3 is 49.5 Å². The molecule has 2 aliphatic heterocycles. The van der Waals surface area contributed by atoms with Gasteiger partial charge in [-0.25, -0.2) is 0 Å². The maximum atomic E-state index is 13.5. The highest BCUT2D eigenvalue weighted by atomic mass is 16.7. The van der Waals surface area contributed by atoms with Gasteiger partial charge in [-0.3, -0.25) is 9.59 Å². The Morgan fingerprint density at radius 1 is 0.869 bits per heavy atom. The molecule has 12 heteroatoms. The summed E-state index contributed by atoms with van der Waals surface area (Å²) >= 11 is 0. The lowest BCUT2D eigenvalue weighted by atomic mass is 9.78. The third-order valence-corrected chi connectivity index (χ3v) is 12.6. The lowest BCUT2D eigenvalue weighted by Crippen LogP contribution is -2.60. The zero-order chi connectivity index (χ0) is 45.9. The van der Waals surface area contributed by atoms with Crippen LogP contribution in [0.25, 0.3) is 0 Å². The van der Waals surface area contributed by atoms with Crippen LogP contribution in [-0.2, 0) is 23.8 Å². The van der Waals surface area contributed by atoms with Crippen LogP contribution in [0.3, 0.4) is 0 Å². The second kappa shape index (κ2) is 26.8. The Labute approximate surface area is 368 Å². The number of likely N-dealkylation sites (N-methyl/N-ethyl adjacent to an activating group) is 2. The molecule has 61 heavy (non-hydrogen) atoms. The maximum Gasteiger partial charge on any atom is 0.311 e. The van der Waals surface area contributed by atoms with Gasteiger partial charge in [-0.15, -0.1) is 0 Å². The molecule has 0 unspecified atom stereocenters. The fourth-order valence-electron chi connectivity index (χ4n) is 8.71. The molecule has 2 rings (SSSR count). The number of esters is 1. The molecule has 2 saturated heterocycles. The Kier molecular flexibility index (Phi) is 24.0. The largest absolute Gasteiger partial charge is 0.459 e. The van der Waals surface area contributed by atoms with Crippen LogP contribution in [0, 0.1) is 17.8 Å². The predicted molar refractivity (Wildman–Crippen MR) is 242 cm³/mol. The molecule has 2 heterocycles. The van der Waals surface area contributed by atoms with Crippen molar-refractivity contribution >= 4 is 11.9 Å². The van der Waals surface area contributed by atoms with Crippen molar-refractivity contribution < 1.29 is 49.3 Å². The first-order chi connectivity index (χ1) is 28.7. The Balaban J connectivity index is 2.12. The highest BCUT2D eigenvalue weighted by Gasteiger charge is 2.50. The molecular weight excluding hydrogens is 777 g/mol. The third-order valence-electron chi connectivity index (χ3n) is 12.6. The monoisotopic (exact) mass is 861 g/mol. The van der Waals surface area contributed by atoms with Crippen molar-refractivity contribution in [2.45, 2.75) is 199 Å². The summed E-state index contributed by atoms with van der Waals surface area (Å²) in [6.45, 7) is 16.1. The number of ether oxygens (including phenoxy) is 3. The minimum absolute atomic E-state index is 0.108. The Hall–Kier alpha value is -2.68. The molecule has 2 fully saturated rings. The number of hydrogen-bond donors (Lipinski definition) is 5. The van der Waals surface area contributed by atoms with Crippen LogP contribution < -0.4 is 0 Å². The van der Waals surface area contributed by atoms with Crippen molar-refractivity contribution in [1.29, 1.82) is 0 Å². The van der Waals surface area contributed by atoms with E-state index in [-0.39, 0.29) is 24.7 Å².